The first-order chi connectivity index (χ1) is 7.15. The van der Waals surface area contributed by atoms with Crippen molar-refractivity contribution < 1.29 is 0 Å². The van der Waals surface area contributed by atoms with Crippen molar-refractivity contribution in [1.29, 1.82) is 0 Å². The number of nitrogen functional groups attached to an aromatic ring is 1. The Morgan fingerprint density at radius 2 is 2.20 bits per heavy atom. The average Bonchev–Trinajstić information content (AvgIpc) is 2.76. The maximum atomic E-state index is 6.09. The van der Waals surface area contributed by atoms with E-state index in [1.807, 2.05) is 6.07 Å². The molecule has 0 spiro atoms. The number of hydrogen-bond acceptors (Lipinski definition) is 4. The van der Waals surface area contributed by atoms with Crippen LogP contribution in [0.3, 0.4) is 0 Å². The number of benzene rings is 1. The van der Waals surface area contributed by atoms with Gasteiger partial charge in [-0.25, -0.2) is 4.98 Å². The fourth-order valence-electron chi connectivity index (χ4n) is 1.84. The summed E-state index contributed by atoms with van der Waals surface area (Å²) >= 11 is 1.54. The van der Waals surface area contributed by atoms with Gasteiger partial charge in [-0.2, -0.15) is 0 Å². The molecule has 1 aromatic heterocycles. The molecule has 78 valence electrons. The molecule has 0 unspecified atom stereocenters. The van der Waals surface area contributed by atoms with Gasteiger partial charge in [0.2, 0.25) is 0 Å². The highest BCUT2D eigenvalue weighted by molar-refractivity contribution is 7.22. The quantitative estimate of drug-likeness (QED) is 0.811. The van der Waals surface area contributed by atoms with Gasteiger partial charge in [0.15, 0.2) is 5.13 Å². The Kier molecular flexibility index (Phi) is 1.78. The minimum absolute atomic E-state index is 0.0733. The Hall–Kier alpha value is -1.13. The molecule has 0 radical (unpaired) electrons. The zero-order chi connectivity index (χ0) is 10.5. The van der Waals surface area contributed by atoms with E-state index in [1.165, 1.54) is 16.9 Å². The second-order valence-corrected chi connectivity index (χ2v) is 5.46. The molecule has 0 atom stereocenters. The van der Waals surface area contributed by atoms with Crippen molar-refractivity contribution in [2.75, 3.05) is 5.73 Å². The first-order valence-corrected chi connectivity index (χ1v) is 5.90. The van der Waals surface area contributed by atoms with Gasteiger partial charge in [0, 0.05) is 5.54 Å². The second-order valence-electron chi connectivity index (χ2n) is 4.39. The number of anilines is 1. The van der Waals surface area contributed by atoms with Gasteiger partial charge in [0.05, 0.1) is 10.2 Å². The first-order valence-electron chi connectivity index (χ1n) is 5.09. The molecule has 0 aliphatic heterocycles. The fourth-order valence-corrected chi connectivity index (χ4v) is 2.64. The molecule has 3 nitrogen and oxygen atoms in total. The van der Waals surface area contributed by atoms with E-state index in [2.05, 4.69) is 17.1 Å². The minimum atomic E-state index is 0.0733. The smallest absolute Gasteiger partial charge is 0.181 e. The van der Waals surface area contributed by atoms with Gasteiger partial charge in [-0.3, -0.25) is 0 Å². The lowest BCUT2D eigenvalue weighted by Gasteiger charge is -2.07. The van der Waals surface area contributed by atoms with Crippen LogP contribution in [-0.4, -0.2) is 10.5 Å². The summed E-state index contributed by atoms with van der Waals surface area (Å²) in [5.74, 6) is 0. The molecule has 1 aromatic carbocycles. The van der Waals surface area contributed by atoms with Crippen molar-refractivity contribution in [3.05, 3.63) is 23.8 Å². The number of hydrogen-bond donors (Lipinski definition) is 2. The number of nitrogens with two attached hydrogens (primary N) is 2. The van der Waals surface area contributed by atoms with Gasteiger partial charge in [0.25, 0.3) is 0 Å². The molecule has 15 heavy (non-hydrogen) atoms. The Bertz CT molecular complexity index is 514. The van der Waals surface area contributed by atoms with Crippen LogP contribution in [0.25, 0.3) is 10.2 Å². The Labute approximate surface area is 92.1 Å². The summed E-state index contributed by atoms with van der Waals surface area (Å²) in [6.45, 7) is 0. The number of nitrogens with zero attached hydrogens (tertiary/aromatic N) is 1. The minimum Gasteiger partial charge on any atom is -0.375 e. The highest BCUT2D eigenvalue weighted by Gasteiger charge is 2.37. The Morgan fingerprint density at radius 1 is 1.40 bits per heavy atom. The summed E-state index contributed by atoms with van der Waals surface area (Å²) in [6.07, 6.45) is 3.27. The molecule has 1 fully saturated rings. The monoisotopic (exact) mass is 219 g/mol. The predicted octanol–water partition coefficient (Wildman–Crippen LogP) is 1.91. The summed E-state index contributed by atoms with van der Waals surface area (Å²) in [6, 6.07) is 6.30. The van der Waals surface area contributed by atoms with Gasteiger partial charge in [-0.15, -0.1) is 0 Å². The SMILES string of the molecule is Nc1nc2ccc(CC3(N)CC3)cc2s1. The van der Waals surface area contributed by atoms with Crippen molar-refractivity contribution in [3.63, 3.8) is 0 Å². The van der Waals surface area contributed by atoms with Gasteiger partial charge >= 0.3 is 0 Å². The van der Waals surface area contributed by atoms with E-state index in [1.54, 1.807) is 0 Å². The molecule has 4 heteroatoms. The average molecular weight is 219 g/mol. The van der Waals surface area contributed by atoms with Gasteiger partial charge in [-0.1, -0.05) is 17.4 Å². The third-order valence-corrected chi connectivity index (χ3v) is 3.77. The molecule has 2 aromatic rings. The molecule has 3 rings (SSSR count). The van der Waals surface area contributed by atoms with Gasteiger partial charge in [-0.05, 0) is 37.0 Å². The number of fused-ring (bicyclic) bond motifs is 1. The van der Waals surface area contributed by atoms with E-state index >= 15 is 0 Å². The lowest BCUT2D eigenvalue weighted by atomic mass is 10.1. The molecule has 1 aliphatic carbocycles. The highest BCUT2D eigenvalue weighted by atomic mass is 32.1. The van der Waals surface area contributed by atoms with Crippen LogP contribution in [-0.2, 0) is 6.42 Å². The Morgan fingerprint density at radius 3 is 2.93 bits per heavy atom. The molecule has 0 saturated heterocycles. The van der Waals surface area contributed by atoms with Crippen molar-refractivity contribution in [2.24, 2.45) is 5.73 Å². The second kappa shape index (κ2) is 2.93. The van der Waals surface area contributed by atoms with Crippen LogP contribution in [0.15, 0.2) is 18.2 Å². The molecule has 1 aliphatic rings. The van der Waals surface area contributed by atoms with E-state index in [0.717, 1.165) is 29.5 Å². The van der Waals surface area contributed by atoms with E-state index in [4.69, 9.17) is 11.5 Å². The van der Waals surface area contributed by atoms with Crippen LogP contribution in [0.5, 0.6) is 0 Å². The normalized spacial score (nSPS) is 18.2. The number of aromatic nitrogens is 1. The van der Waals surface area contributed by atoms with Crippen LogP contribution in [0.4, 0.5) is 5.13 Å². The van der Waals surface area contributed by atoms with Crippen LogP contribution in [0.2, 0.25) is 0 Å². The molecule has 0 amide bonds. The molecule has 1 heterocycles. The largest absolute Gasteiger partial charge is 0.375 e. The molecule has 4 N–H and O–H groups in total. The van der Waals surface area contributed by atoms with E-state index in [0.29, 0.717) is 5.13 Å². The van der Waals surface area contributed by atoms with Crippen LogP contribution in [0.1, 0.15) is 18.4 Å². The predicted molar refractivity (Wildman–Crippen MR) is 63.9 cm³/mol. The van der Waals surface area contributed by atoms with Crippen molar-refractivity contribution in [2.45, 2.75) is 24.8 Å². The summed E-state index contributed by atoms with van der Waals surface area (Å²) in [5, 5.41) is 0.635. The number of rotatable bonds is 2. The maximum Gasteiger partial charge on any atom is 0.181 e. The molecule has 0 bridgehead atoms. The van der Waals surface area contributed by atoms with Crippen molar-refractivity contribution in [1.82, 2.24) is 4.98 Å². The van der Waals surface area contributed by atoms with E-state index in [-0.39, 0.29) is 5.54 Å². The van der Waals surface area contributed by atoms with Crippen molar-refractivity contribution >= 4 is 26.7 Å². The third kappa shape index (κ3) is 1.70. The lowest BCUT2D eigenvalue weighted by molar-refractivity contribution is 0.673. The van der Waals surface area contributed by atoms with E-state index in [9.17, 15) is 0 Å². The highest BCUT2D eigenvalue weighted by Crippen LogP contribution is 2.36. The van der Waals surface area contributed by atoms with Crippen LogP contribution in [0, 0.1) is 0 Å². The zero-order valence-electron chi connectivity index (χ0n) is 8.36. The Balaban J connectivity index is 1.98. The zero-order valence-corrected chi connectivity index (χ0v) is 9.18. The van der Waals surface area contributed by atoms with Crippen LogP contribution >= 0.6 is 11.3 Å². The van der Waals surface area contributed by atoms with Crippen LogP contribution < -0.4 is 11.5 Å². The van der Waals surface area contributed by atoms with Gasteiger partial charge in [0.1, 0.15) is 0 Å². The first kappa shape index (κ1) is 9.12. The topological polar surface area (TPSA) is 64.9 Å². The summed E-state index contributed by atoms with van der Waals surface area (Å²) < 4.78 is 1.16. The maximum absolute atomic E-state index is 6.09. The summed E-state index contributed by atoms with van der Waals surface area (Å²) in [7, 11) is 0. The molecule has 1 saturated carbocycles. The fraction of sp³-hybridized carbons (Fsp3) is 0.364. The summed E-state index contributed by atoms with van der Waals surface area (Å²) in [5.41, 5.74) is 14.1. The van der Waals surface area contributed by atoms with E-state index < -0.39 is 0 Å². The van der Waals surface area contributed by atoms with Gasteiger partial charge < -0.3 is 11.5 Å². The third-order valence-electron chi connectivity index (χ3n) is 2.92. The standard InChI is InChI=1S/C11H13N3S/c12-10-14-8-2-1-7(5-9(8)15-10)6-11(13)3-4-11/h1-2,5H,3-4,6,13H2,(H2,12,14). The molecular formula is C11H13N3S. The molecular weight excluding hydrogens is 206 g/mol. The lowest BCUT2D eigenvalue weighted by Crippen LogP contribution is -2.24. The van der Waals surface area contributed by atoms with Crippen molar-refractivity contribution in [3.8, 4) is 0 Å². The summed E-state index contributed by atoms with van der Waals surface area (Å²) in [4.78, 5) is 4.23. The number of thiazole rings is 1.